The van der Waals surface area contributed by atoms with Crippen molar-refractivity contribution in [3.8, 4) is 0 Å². The second kappa shape index (κ2) is 7.52. The van der Waals surface area contributed by atoms with E-state index in [-0.39, 0.29) is 11.7 Å². The molecule has 8 heteroatoms. The van der Waals surface area contributed by atoms with Gasteiger partial charge in [0.2, 0.25) is 0 Å². The number of benzene rings is 1. The van der Waals surface area contributed by atoms with Gasteiger partial charge in [0.05, 0.1) is 0 Å². The largest absolute Gasteiger partial charge is 0.335 e. The Morgan fingerprint density at radius 1 is 1.28 bits per heavy atom. The van der Waals surface area contributed by atoms with Gasteiger partial charge in [-0.1, -0.05) is 19.1 Å². The Morgan fingerprint density at radius 2 is 2.04 bits per heavy atom. The zero-order valence-corrected chi connectivity index (χ0v) is 14.4. The Hall–Kier alpha value is -2.61. The van der Waals surface area contributed by atoms with Gasteiger partial charge < -0.3 is 9.80 Å². The third-order valence-electron chi connectivity index (χ3n) is 4.33. The molecule has 0 radical (unpaired) electrons. The molecular weight excluding hydrogens is 323 g/mol. The van der Waals surface area contributed by atoms with E-state index in [1.54, 1.807) is 30.0 Å². The number of carbonyl (C=O) groups is 1. The number of hydrogen-bond acceptors (Lipinski definition) is 5. The average Bonchev–Trinajstić information content (AvgIpc) is 3.05. The highest BCUT2D eigenvalue weighted by Crippen LogP contribution is 2.17. The maximum Gasteiger partial charge on any atom is 0.272 e. The molecule has 7 nitrogen and oxygen atoms in total. The van der Waals surface area contributed by atoms with Crippen molar-refractivity contribution in [1.29, 1.82) is 0 Å². The maximum absolute atomic E-state index is 13.5. The van der Waals surface area contributed by atoms with E-state index in [0.717, 1.165) is 19.6 Å². The summed E-state index contributed by atoms with van der Waals surface area (Å²) in [7, 11) is 0. The van der Waals surface area contributed by atoms with Gasteiger partial charge in [0, 0.05) is 26.2 Å². The van der Waals surface area contributed by atoms with Crippen molar-refractivity contribution in [3.63, 3.8) is 0 Å². The lowest BCUT2D eigenvalue weighted by molar-refractivity contribution is -0.127. The minimum atomic E-state index is -0.356. The third kappa shape index (κ3) is 3.90. The van der Waals surface area contributed by atoms with E-state index in [9.17, 15) is 9.18 Å². The number of aromatic nitrogens is 4. The van der Waals surface area contributed by atoms with Gasteiger partial charge in [-0.2, -0.15) is 4.68 Å². The summed E-state index contributed by atoms with van der Waals surface area (Å²) in [5.41, 5.74) is 0.906. The normalized spacial score (nSPS) is 16.3. The number of piperazine rings is 1. The molecule has 0 bridgehead atoms. The smallest absolute Gasteiger partial charge is 0.272 e. The molecule has 1 amide bonds. The third-order valence-corrected chi connectivity index (χ3v) is 4.33. The summed E-state index contributed by atoms with van der Waals surface area (Å²) < 4.78 is 14.9. The lowest BCUT2D eigenvalue weighted by Gasteiger charge is -2.34. The summed E-state index contributed by atoms with van der Waals surface area (Å²) >= 11 is 0. The Balaban J connectivity index is 1.92. The number of rotatable bonds is 4. The van der Waals surface area contributed by atoms with E-state index < -0.39 is 0 Å². The molecule has 0 unspecified atom stereocenters. The highest BCUT2D eigenvalue weighted by molar-refractivity contribution is 6.18. The standard InChI is InChI=1S/C17H21FN6O/c1-3-22-7-9-23(10-8-22)17(25)16(24-13(2)19-20-21-24)12-14-5-4-6-15(18)11-14/h4-6,11-12H,3,7-10H2,1-2H3. The fourth-order valence-electron chi connectivity index (χ4n) is 2.85. The van der Waals surface area contributed by atoms with E-state index in [1.165, 1.54) is 16.8 Å². The van der Waals surface area contributed by atoms with E-state index in [1.807, 2.05) is 0 Å². The Bertz CT molecular complexity index is 779. The predicted molar refractivity (Wildman–Crippen MR) is 91.8 cm³/mol. The summed E-state index contributed by atoms with van der Waals surface area (Å²) in [6, 6.07) is 6.09. The van der Waals surface area contributed by atoms with Crippen LogP contribution in [-0.4, -0.2) is 68.6 Å². The van der Waals surface area contributed by atoms with Crippen LogP contribution in [0.3, 0.4) is 0 Å². The van der Waals surface area contributed by atoms with Crippen LogP contribution in [0.15, 0.2) is 24.3 Å². The highest BCUT2D eigenvalue weighted by Gasteiger charge is 2.25. The number of likely N-dealkylation sites (N-methyl/N-ethyl adjacent to an activating group) is 1. The van der Waals surface area contributed by atoms with Crippen LogP contribution in [0.2, 0.25) is 0 Å². The molecular formula is C17H21FN6O. The predicted octanol–water partition coefficient (Wildman–Crippen LogP) is 1.28. The number of tetrazole rings is 1. The number of hydrogen-bond donors (Lipinski definition) is 0. The minimum absolute atomic E-state index is 0.157. The summed E-state index contributed by atoms with van der Waals surface area (Å²) in [6.07, 6.45) is 1.63. The number of halogens is 1. The maximum atomic E-state index is 13.5. The van der Waals surface area contributed by atoms with E-state index in [2.05, 4.69) is 27.3 Å². The molecule has 1 aliphatic rings. The Labute approximate surface area is 145 Å². The molecule has 132 valence electrons. The van der Waals surface area contributed by atoms with Crippen LogP contribution in [0, 0.1) is 12.7 Å². The molecule has 1 aliphatic heterocycles. The van der Waals surface area contributed by atoms with Crippen molar-refractivity contribution in [3.05, 3.63) is 41.5 Å². The van der Waals surface area contributed by atoms with Gasteiger partial charge >= 0.3 is 0 Å². The molecule has 0 N–H and O–H groups in total. The van der Waals surface area contributed by atoms with Gasteiger partial charge in [0.25, 0.3) is 5.91 Å². The molecule has 0 saturated carbocycles. The van der Waals surface area contributed by atoms with Crippen LogP contribution in [0.4, 0.5) is 4.39 Å². The first kappa shape index (κ1) is 17.2. The minimum Gasteiger partial charge on any atom is -0.335 e. The van der Waals surface area contributed by atoms with Crippen molar-refractivity contribution >= 4 is 17.7 Å². The van der Waals surface area contributed by atoms with Crippen LogP contribution in [-0.2, 0) is 4.79 Å². The number of nitrogens with zero attached hydrogens (tertiary/aromatic N) is 6. The van der Waals surface area contributed by atoms with Crippen molar-refractivity contribution in [2.75, 3.05) is 32.7 Å². The summed E-state index contributed by atoms with van der Waals surface area (Å²) in [4.78, 5) is 17.1. The lowest BCUT2D eigenvalue weighted by atomic mass is 10.1. The van der Waals surface area contributed by atoms with Crippen molar-refractivity contribution in [1.82, 2.24) is 30.0 Å². The number of amides is 1. The van der Waals surface area contributed by atoms with Crippen LogP contribution in [0.1, 0.15) is 18.3 Å². The van der Waals surface area contributed by atoms with Gasteiger partial charge in [-0.05, 0) is 47.7 Å². The van der Waals surface area contributed by atoms with E-state index in [0.29, 0.717) is 30.2 Å². The van der Waals surface area contributed by atoms with Crippen molar-refractivity contribution < 1.29 is 9.18 Å². The van der Waals surface area contributed by atoms with Crippen LogP contribution in [0.25, 0.3) is 11.8 Å². The first-order valence-electron chi connectivity index (χ1n) is 8.32. The van der Waals surface area contributed by atoms with E-state index >= 15 is 0 Å². The van der Waals surface area contributed by atoms with Gasteiger partial charge in [0.1, 0.15) is 11.5 Å². The van der Waals surface area contributed by atoms with Gasteiger partial charge in [-0.3, -0.25) is 4.79 Å². The molecule has 2 heterocycles. The zero-order valence-electron chi connectivity index (χ0n) is 14.4. The molecule has 0 spiro atoms. The topological polar surface area (TPSA) is 67.2 Å². The molecule has 2 aromatic rings. The van der Waals surface area contributed by atoms with Crippen LogP contribution in [0.5, 0.6) is 0 Å². The SMILES string of the molecule is CCN1CCN(C(=O)C(=Cc2cccc(F)c2)n2nnnc2C)CC1. The second-order valence-corrected chi connectivity index (χ2v) is 5.95. The molecule has 25 heavy (non-hydrogen) atoms. The Kier molecular flexibility index (Phi) is 5.18. The zero-order chi connectivity index (χ0) is 17.8. The quantitative estimate of drug-likeness (QED) is 0.782. The molecule has 1 aromatic carbocycles. The number of carbonyl (C=O) groups excluding carboxylic acids is 1. The fraction of sp³-hybridized carbons (Fsp3) is 0.412. The van der Waals surface area contributed by atoms with Crippen LogP contribution >= 0.6 is 0 Å². The van der Waals surface area contributed by atoms with Crippen molar-refractivity contribution in [2.45, 2.75) is 13.8 Å². The molecule has 0 aliphatic carbocycles. The lowest BCUT2D eigenvalue weighted by Crippen LogP contribution is -2.49. The van der Waals surface area contributed by atoms with Gasteiger partial charge in [-0.15, -0.1) is 5.10 Å². The molecule has 0 atom stereocenters. The summed E-state index contributed by atoms with van der Waals surface area (Å²) in [5.74, 6) is -0.0100. The first-order valence-corrected chi connectivity index (χ1v) is 8.32. The first-order chi connectivity index (χ1) is 12.1. The molecule has 1 fully saturated rings. The second-order valence-electron chi connectivity index (χ2n) is 5.95. The molecule has 3 rings (SSSR count). The van der Waals surface area contributed by atoms with Crippen LogP contribution < -0.4 is 0 Å². The van der Waals surface area contributed by atoms with Gasteiger partial charge in [-0.25, -0.2) is 4.39 Å². The van der Waals surface area contributed by atoms with Crippen molar-refractivity contribution in [2.24, 2.45) is 0 Å². The van der Waals surface area contributed by atoms with Gasteiger partial charge in [0.15, 0.2) is 5.82 Å². The molecule has 1 saturated heterocycles. The average molecular weight is 344 g/mol. The Morgan fingerprint density at radius 3 is 2.64 bits per heavy atom. The monoisotopic (exact) mass is 344 g/mol. The van der Waals surface area contributed by atoms with E-state index in [4.69, 9.17) is 0 Å². The summed E-state index contributed by atoms with van der Waals surface area (Å²) in [5, 5.41) is 11.4. The number of aryl methyl sites for hydroxylation is 1. The fourth-order valence-corrected chi connectivity index (χ4v) is 2.85. The summed E-state index contributed by atoms with van der Waals surface area (Å²) in [6.45, 7) is 7.77. The molecule has 1 aromatic heterocycles. The highest BCUT2D eigenvalue weighted by atomic mass is 19.1.